The number of carbonyl (C=O) groups excluding carboxylic acids is 1. The van der Waals surface area contributed by atoms with Gasteiger partial charge >= 0.3 is 5.97 Å². The Morgan fingerprint density at radius 1 is 1.00 bits per heavy atom. The minimum Gasteiger partial charge on any atom is -0.507 e. The van der Waals surface area contributed by atoms with Crippen molar-refractivity contribution in [2.45, 2.75) is 27.7 Å². The van der Waals surface area contributed by atoms with Crippen LogP contribution in [0.5, 0.6) is 0 Å². The molecule has 1 aromatic rings. The van der Waals surface area contributed by atoms with Gasteiger partial charge in [0.1, 0.15) is 5.76 Å². The number of aliphatic hydroxyl groups excluding tert-OH is 1. The highest BCUT2D eigenvalue weighted by Gasteiger charge is 2.15. The third-order valence-corrected chi connectivity index (χ3v) is 3.10. The Morgan fingerprint density at radius 3 is 1.83 bits per heavy atom. The second kappa shape index (κ2) is 5.04. The van der Waals surface area contributed by atoms with Crippen molar-refractivity contribution in [3.05, 3.63) is 40.0 Å². The van der Waals surface area contributed by atoms with Gasteiger partial charge in [0.25, 0.3) is 5.78 Å². The Morgan fingerprint density at radius 2 is 1.44 bits per heavy atom. The van der Waals surface area contributed by atoms with Crippen molar-refractivity contribution in [1.29, 1.82) is 0 Å². The Bertz CT molecular complexity index is 527. The molecule has 0 aliphatic heterocycles. The maximum absolute atomic E-state index is 11.1. The van der Waals surface area contributed by atoms with E-state index in [0.717, 1.165) is 28.3 Å². The maximum Gasteiger partial charge on any atom is 0.376 e. The molecule has 1 aromatic carbocycles. The molecule has 0 bridgehead atoms. The number of benzene rings is 1. The molecule has 0 spiro atoms. The number of carboxylic acid groups (broad SMARTS) is 1. The van der Waals surface area contributed by atoms with Crippen molar-refractivity contribution in [3.63, 3.8) is 0 Å². The number of carbonyl (C=O) groups is 2. The standard InChI is InChI=1S/C14H16O4/c1-7-5-8(2)10(4)13(9(7)3)11(15)6-12(16)14(17)18/h5-6,15H,1-4H3,(H,17,18)/b11-6-. The van der Waals surface area contributed by atoms with E-state index in [1.165, 1.54) is 0 Å². The number of hydrogen-bond donors (Lipinski definition) is 2. The average molecular weight is 248 g/mol. The fraction of sp³-hybridized carbons (Fsp3) is 0.286. The topological polar surface area (TPSA) is 74.6 Å². The molecule has 0 fully saturated rings. The second-order valence-corrected chi connectivity index (χ2v) is 4.33. The summed E-state index contributed by atoms with van der Waals surface area (Å²) in [6.07, 6.45) is 0.747. The SMILES string of the molecule is Cc1cc(C)c(C)c(/C(O)=C/C(=O)C(=O)O)c1C. The Kier molecular flexibility index (Phi) is 3.91. The Hall–Kier alpha value is -2.10. The van der Waals surface area contributed by atoms with Crippen molar-refractivity contribution in [3.8, 4) is 0 Å². The molecule has 0 amide bonds. The van der Waals surface area contributed by atoms with E-state index in [1.54, 1.807) is 0 Å². The first-order chi connectivity index (χ1) is 8.25. The van der Waals surface area contributed by atoms with Gasteiger partial charge in [-0.25, -0.2) is 4.79 Å². The molecule has 1 rings (SSSR count). The van der Waals surface area contributed by atoms with E-state index < -0.39 is 11.8 Å². The highest BCUT2D eigenvalue weighted by atomic mass is 16.4. The van der Waals surface area contributed by atoms with Gasteiger partial charge in [-0.3, -0.25) is 4.79 Å². The van der Waals surface area contributed by atoms with Gasteiger partial charge in [-0.2, -0.15) is 0 Å². The van der Waals surface area contributed by atoms with Crippen LogP contribution in [0.1, 0.15) is 27.8 Å². The smallest absolute Gasteiger partial charge is 0.376 e. The molecule has 0 atom stereocenters. The van der Waals surface area contributed by atoms with Crippen molar-refractivity contribution in [1.82, 2.24) is 0 Å². The van der Waals surface area contributed by atoms with Gasteiger partial charge in [0, 0.05) is 11.6 Å². The predicted molar refractivity (Wildman–Crippen MR) is 68.6 cm³/mol. The summed E-state index contributed by atoms with van der Waals surface area (Å²) in [7, 11) is 0. The van der Waals surface area contributed by atoms with E-state index in [9.17, 15) is 14.7 Å². The molecule has 0 saturated heterocycles. The number of carboxylic acids is 1. The molecule has 0 heterocycles. The van der Waals surface area contributed by atoms with E-state index >= 15 is 0 Å². The number of hydrogen-bond acceptors (Lipinski definition) is 3. The van der Waals surface area contributed by atoms with E-state index in [4.69, 9.17) is 5.11 Å². The number of ketones is 1. The van der Waals surface area contributed by atoms with Crippen LogP contribution >= 0.6 is 0 Å². The van der Waals surface area contributed by atoms with Crippen LogP contribution in [-0.2, 0) is 9.59 Å². The van der Waals surface area contributed by atoms with Crippen molar-refractivity contribution < 1.29 is 19.8 Å². The van der Waals surface area contributed by atoms with Crippen molar-refractivity contribution >= 4 is 17.5 Å². The fourth-order valence-electron chi connectivity index (χ4n) is 1.86. The van der Waals surface area contributed by atoms with Crippen LogP contribution in [0.4, 0.5) is 0 Å². The lowest BCUT2D eigenvalue weighted by Crippen LogP contribution is -2.10. The molecule has 96 valence electrons. The largest absolute Gasteiger partial charge is 0.507 e. The first-order valence-corrected chi connectivity index (χ1v) is 5.51. The summed E-state index contributed by atoms with van der Waals surface area (Å²) in [6.45, 7) is 7.45. The van der Waals surface area contributed by atoms with Gasteiger partial charge < -0.3 is 10.2 Å². The highest BCUT2D eigenvalue weighted by molar-refractivity contribution is 6.38. The van der Waals surface area contributed by atoms with Crippen LogP contribution < -0.4 is 0 Å². The normalized spacial score (nSPS) is 11.4. The molecular weight excluding hydrogens is 232 g/mol. The quantitative estimate of drug-likeness (QED) is 0.489. The molecule has 0 radical (unpaired) electrons. The fourth-order valence-corrected chi connectivity index (χ4v) is 1.86. The average Bonchev–Trinajstić information content (AvgIpc) is 2.26. The predicted octanol–water partition coefficient (Wildman–Crippen LogP) is 2.47. The lowest BCUT2D eigenvalue weighted by atomic mass is 9.93. The number of aryl methyl sites for hydroxylation is 2. The summed E-state index contributed by atoms with van der Waals surface area (Å²) >= 11 is 0. The minimum absolute atomic E-state index is 0.302. The van der Waals surface area contributed by atoms with Crippen LogP contribution in [0.2, 0.25) is 0 Å². The summed E-state index contributed by atoms with van der Waals surface area (Å²) in [5, 5.41) is 18.4. The van der Waals surface area contributed by atoms with E-state index in [2.05, 4.69) is 0 Å². The summed E-state index contributed by atoms with van der Waals surface area (Å²) in [6, 6.07) is 1.99. The zero-order valence-electron chi connectivity index (χ0n) is 10.9. The van der Waals surface area contributed by atoms with Crippen LogP contribution in [0.15, 0.2) is 12.1 Å². The molecule has 0 aliphatic rings. The van der Waals surface area contributed by atoms with Gasteiger partial charge in [0.05, 0.1) is 0 Å². The third-order valence-electron chi connectivity index (χ3n) is 3.10. The zero-order chi connectivity index (χ0) is 14.0. The van der Waals surface area contributed by atoms with Crippen molar-refractivity contribution in [2.75, 3.05) is 0 Å². The second-order valence-electron chi connectivity index (χ2n) is 4.33. The monoisotopic (exact) mass is 248 g/mol. The summed E-state index contributed by atoms with van der Waals surface area (Å²) in [4.78, 5) is 21.5. The van der Waals surface area contributed by atoms with E-state index in [1.807, 2.05) is 33.8 Å². The van der Waals surface area contributed by atoms with Crippen LogP contribution in [0, 0.1) is 27.7 Å². The van der Waals surface area contributed by atoms with Crippen molar-refractivity contribution in [2.24, 2.45) is 0 Å². The third kappa shape index (κ3) is 2.59. The molecule has 18 heavy (non-hydrogen) atoms. The number of aliphatic carboxylic acids is 1. The maximum atomic E-state index is 11.1. The first-order valence-electron chi connectivity index (χ1n) is 5.51. The Balaban J connectivity index is 3.42. The highest BCUT2D eigenvalue weighted by Crippen LogP contribution is 2.26. The minimum atomic E-state index is -1.58. The molecule has 4 nitrogen and oxygen atoms in total. The summed E-state index contributed by atoms with van der Waals surface area (Å²) in [5.41, 5.74) is 4.17. The molecular formula is C14H16O4. The lowest BCUT2D eigenvalue weighted by molar-refractivity contribution is -0.146. The zero-order valence-corrected chi connectivity index (χ0v) is 10.9. The Labute approximate surface area is 106 Å². The van der Waals surface area contributed by atoms with Crippen LogP contribution in [0.3, 0.4) is 0 Å². The lowest BCUT2D eigenvalue weighted by Gasteiger charge is -2.14. The van der Waals surface area contributed by atoms with Crippen LogP contribution in [-0.4, -0.2) is 22.0 Å². The van der Waals surface area contributed by atoms with E-state index in [-0.39, 0.29) is 5.76 Å². The van der Waals surface area contributed by atoms with Gasteiger partial charge in [0.2, 0.25) is 0 Å². The summed E-state index contributed by atoms with van der Waals surface area (Å²) < 4.78 is 0. The van der Waals surface area contributed by atoms with Crippen LogP contribution in [0.25, 0.3) is 5.76 Å². The molecule has 0 saturated carbocycles. The van der Waals surface area contributed by atoms with Gasteiger partial charge in [-0.15, -0.1) is 0 Å². The summed E-state index contributed by atoms with van der Waals surface area (Å²) in [5.74, 6) is -3.02. The van der Waals surface area contributed by atoms with Gasteiger partial charge in [-0.05, 0) is 49.9 Å². The molecule has 0 aliphatic carbocycles. The molecule has 0 unspecified atom stereocenters. The molecule has 2 N–H and O–H groups in total. The number of rotatable bonds is 3. The molecule has 0 aromatic heterocycles. The molecule has 4 heteroatoms. The van der Waals surface area contributed by atoms with Gasteiger partial charge in [0.15, 0.2) is 0 Å². The van der Waals surface area contributed by atoms with Gasteiger partial charge in [-0.1, -0.05) is 6.07 Å². The van der Waals surface area contributed by atoms with E-state index in [0.29, 0.717) is 5.56 Å². The number of aliphatic hydroxyl groups is 1. The first kappa shape index (κ1) is 14.0.